The van der Waals surface area contributed by atoms with Crippen LogP contribution in [-0.2, 0) is 6.42 Å². The lowest BCUT2D eigenvalue weighted by molar-refractivity contribution is 0.306. The maximum absolute atomic E-state index is 13.9. The first kappa shape index (κ1) is 18.4. The van der Waals surface area contributed by atoms with E-state index >= 15 is 0 Å². The van der Waals surface area contributed by atoms with Gasteiger partial charge in [-0.15, -0.1) is 0 Å². The normalized spacial score (nSPS) is 12.2. The quantitative estimate of drug-likeness (QED) is 0.668. The van der Waals surface area contributed by atoms with E-state index in [0.29, 0.717) is 18.6 Å². The Labute approximate surface area is 142 Å². The van der Waals surface area contributed by atoms with Crippen LogP contribution in [0.1, 0.15) is 43.2 Å². The number of ether oxygens (including phenoxy) is 1. The van der Waals surface area contributed by atoms with E-state index in [1.165, 1.54) is 12.5 Å². The second-order valence-corrected chi connectivity index (χ2v) is 6.00. The standard InChI is InChI=1S/C20H25F2NO/c1-2-3-4-11-24-18-8-5-15(6-9-18)12-16(14-23)19-13-17(21)7-10-20(19)22/h5-10,13,16H,2-4,11-12,14,23H2,1H3. The van der Waals surface area contributed by atoms with Gasteiger partial charge in [-0.05, 0) is 60.8 Å². The molecule has 2 aromatic rings. The van der Waals surface area contributed by atoms with Crippen LogP contribution < -0.4 is 10.5 Å². The second kappa shape index (κ2) is 9.38. The molecular weight excluding hydrogens is 308 g/mol. The minimum atomic E-state index is -0.444. The van der Waals surface area contributed by atoms with Crippen LogP contribution in [0.15, 0.2) is 42.5 Å². The highest BCUT2D eigenvalue weighted by atomic mass is 19.1. The molecule has 0 amide bonds. The molecule has 1 unspecified atom stereocenters. The molecule has 0 fully saturated rings. The van der Waals surface area contributed by atoms with Crippen LogP contribution in [0.25, 0.3) is 0 Å². The van der Waals surface area contributed by atoms with Gasteiger partial charge < -0.3 is 10.5 Å². The number of halogens is 2. The summed E-state index contributed by atoms with van der Waals surface area (Å²) in [6.07, 6.45) is 3.94. The molecule has 4 heteroatoms. The average molecular weight is 333 g/mol. The van der Waals surface area contributed by atoms with E-state index in [0.717, 1.165) is 36.3 Å². The highest BCUT2D eigenvalue weighted by Crippen LogP contribution is 2.24. The van der Waals surface area contributed by atoms with Gasteiger partial charge in [0.15, 0.2) is 0 Å². The van der Waals surface area contributed by atoms with Gasteiger partial charge in [0.25, 0.3) is 0 Å². The van der Waals surface area contributed by atoms with Gasteiger partial charge in [0, 0.05) is 5.92 Å². The number of hydrogen-bond donors (Lipinski definition) is 1. The van der Waals surface area contributed by atoms with Gasteiger partial charge in [0.05, 0.1) is 6.61 Å². The van der Waals surface area contributed by atoms with E-state index in [-0.39, 0.29) is 12.5 Å². The fraction of sp³-hybridized carbons (Fsp3) is 0.400. The van der Waals surface area contributed by atoms with E-state index in [2.05, 4.69) is 6.92 Å². The number of hydrogen-bond acceptors (Lipinski definition) is 2. The van der Waals surface area contributed by atoms with E-state index in [4.69, 9.17) is 10.5 Å². The Morgan fingerprint density at radius 1 is 1.04 bits per heavy atom. The van der Waals surface area contributed by atoms with Crippen LogP contribution in [-0.4, -0.2) is 13.2 Å². The third-order valence-corrected chi connectivity index (χ3v) is 4.10. The molecule has 0 radical (unpaired) electrons. The average Bonchev–Trinajstić information content (AvgIpc) is 2.60. The maximum Gasteiger partial charge on any atom is 0.126 e. The van der Waals surface area contributed by atoms with Crippen LogP contribution in [0, 0.1) is 11.6 Å². The molecule has 0 saturated heterocycles. The third kappa shape index (κ3) is 5.31. The fourth-order valence-electron chi connectivity index (χ4n) is 2.70. The first-order chi connectivity index (χ1) is 11.6. The minimum absolute atomic E-state index is 0.253. The zero-order valence-electron chi connectivity index (χ0n) is 14.1. The highest BCUT2D eigenvalue weighted by Gasteiger charge is 2.16. The van der Waals surface area contributed by atoms with Crippen molar-refractivity contribution in [3.05, 3.63) is 65.2 Å². The van der Waals surface area contributed by atoms with Gasteiger partial charge in [0.1, 0.15) is 17.4 Å². The van der Waals surface area contributed by atoms with Crippen molar-refractivity contribution in [2.75, 3.05) is 13.2 Å². The molecule has 130 valence electrons. The zero-order chi connectivity index (χ0) is 17.4. The van der Waals surface area contributed by atoms with E-state index < -0.39 is 11.6 Å². The SMILES string of the molecule is CCCCCOc1ccc(CC(CN)c2cc(F)ccc2F)cc1. The Bertz CT molecular complexity index is 628. The molecule has 2 aromatic carbocycles. The summed E-state index contributed by atoms with van der Waals surface area (Å²) in [4.78, 5) is 0. The lowest BCUT2D eigenvalue weighted by Gasteiger charge is -2.16. The third-order valence-electron chi connectivity index (χ3n) is 4.10. The molecule has 0 bridgehead atoms. The number of rotatable bonds is 9. The van der Waals surface area contributed by atoms with Gasteiger partial charge in [-0.2, -0.15) is 0 Å². The van der Waals surface area contributed by atoms with Crippen molar-refractivity contribution in [3.8, 4) is 5.75 Å². The van der Waals surface area contributed by atoms with Gasteiger partial charge in [-0.1, -0.05) is 31.9 Å². The highest BCUT2D eigenvalue weighted by molar-refractivity contribution is 5.30. The smallest absolute Gasteiger partial charge is 0.126 e. The lowest BCUT2D eigenvalue weighted by Crippen LogP contribution is -2.16. The molecule has 1 atom stereocenters. The van der Waals surface area contributed by atoms with Gasteiger partial charge in [0.2, 0.25) is 0 Å². The van der Waals surface area contributed by atoms with Crippen molar-refractivity contribution < 1.29 is 13.5 Å². The predicted octanol–water partition coefficient (Wildman–Crippen LogP) is 4.82. The number of nitrogens with two attached hydrogens (primary N) is 1. The van der Waals surface area contributed by atoms with Gasteiger partial charge in [-0.25, -0.2) is 8.78 Å². The van der Waals surface area contributed by atoms with E-state index in [1.807, 2.05) is 24.3 Å². The Morgan fingerprint density at radius 2 is 1.79 bits per heavy atom. The molecule has 2 nitrogen and oxygen atoms in total. The summed E-state index contributed by atoms with van der Waals surface area (Å²) in [6.45, 7) is 3.13. The molecule has 2 N–H and O–H groups in total. The molecule has 0 aliphatic rings. The monoisotopic (exact) mass is 333 g/mol. The number of unbranched alkanes of at least 4 members (excludes halogenated alkanes) is 2. The van der Waals surface area contributed by atoms with E-state index in [9.17, 15) is 8.78 Å². The first-order valence-electron chi connectivity index (χ1n) is 8.50. The van der Waals surface area contributed by atoms with Crippen molar-refractivity contribution in [1.82, 2.24) is 0 Å². The fourth-order valence-corrected chi connectivity index (χ4v) is 2.70. The van der Waals surface area contributed by atoms with Gasteiger partial charge in [-0.3, -0.25) is 0 Å². The summed E-state index contributed by atoms with van der Waals surface area (Å²) in [5.41, 5.74) is 7.14. The molecule has 0 aromatic heterocycles. The van der Waals surface area contributed by atoms with Crippen molar-refractivity contribution in [2.24, 2.45) is 5.73 Å². The van der Waals surface area contributed by atoms with Crippen LogP contribution in [0.3, 0.4) is 0 Å². The molecule has 0 aliphatic carbocycles. The Balaban J connectivity index is 1.99. The van der Waals surface area contributed by atoms with Crippen molar-refractivity contribution in [3.63, 3.8) is 0 Å². The summed E-state index contributed by atoms with van der Waals surface area (Å²) < 4.78 is 33.0. The lowest BCUT2D eigenvalue weighted by atomic mass is 9.91. The topological polar surface area (TPSA) is 35.2 Å². The van der Waals surface area contributed by atoms with Crippen LogP contribution in [0.4, 0.5) is 8.78 Å². The second-order valence-electron chi connectivity index (χ2n) is 6.00. The summed E-state index contributed by atoms with van der Waals surface area (Å²) in [7, 11) is 0. The largest absolute Gasteiger partial charge is 0.494 e. The summed E-state index contributed by atoms with van der Waals surface area (Å²) >= 11 is 0. The van der Waals surface area contributed by atoms with Gasteiger partial charge >= 0.3 is 0 Å². The molecule has 0 aliphatic heterocycles. The summed E-state index contributed by atoms with van der Waals surface area (Å²) in [5, 5.41) is 0. The van der Waals surface area contributed by atoms with Crippen molar-refractivity contribution in [2.45, 2.75) is 38.5 Å². The molecular formula is C20H25F2NO. The maximum atomic E-state index is 13.9. The van der Waals surface area contributed by atoms with Crippen molar-refractivity contribution >= 4 is 0 Å². The van der Waals surface area contributed by atoms with Crippen LogP contribution in [0.5, 0.6) is 5.75 Å². The van der Waals surface area contributed by atoms with E-state index in [1.54, 1.807) is 0 Å². The summed E-state index contributed by atoms with van der Waals surface area (Å²) in [5.74, 6) is -0.281. The molecule has 0 spiro atoms. The first-order valence-corrected chi connectivity index (χ1v) is 8.50. The Hall–Kier alpha value is -1.94. The number of benzene rings is 2. The molecule has 2 rings (SSSR count). The summed E-state index contributed by atoms with van der Waals surface area (Å²) in [6, 6.07) is 11.2. The predicted molar refractivity (Wildman–Crippen MR) is 93.3 cm³/mol. The molecule has 0 saturated carbocycles. The van der Waals surface area contributed by atoms with Crippen LogP contribution in [0.2, 0.25) is 0 Å². The molecule has 24 heavy (non-hydrogen) atoms. The zero-order valence-corrected chi connectivity index (χ0v) is 14.1. The molecule has 0 heterocycles. The van der Waals surface area contributed by atoms with Crippen molar-refractivity contribution in [1.29, 1.82) is 0 Å². The Kier molecular flexibility index (Phi) is 7.19. The minimum Gasteiger partial charge on any atom is -0.494 e. The van der Waals surface area contributed by atoms with Crippen LogP contribution >= 0.6 is 0 Å². The Morgan fingerprint density at radius 3 is 2.46 bits per heavy atom.